The van der Waals surface area contributed by atoms with Gasteiger partial charge in [0.15, 0.2) is 0 Å². The molecular formula is C21H29N3O. The molecule has 1 unspecified atom stereocenters. The van der Waals surface area contributed by atoms with E-state index in [1.807, 2.05) is 18.3 Å². The highest BCUT2D eigenvalue weighted by Gasteiger charge is 2.25. The van der Waals surface area contributed by atoms with Gasteiger partial charge in [-0.25, -0.2) is 0 Å². The monoisotopic (exact) mass is 339 g/mol. The van der Waals surface area contributed by atoms with Gasteiger partial charge >= 0.3 is 0 Å². The van der Waals surface area contributed by atoms with Gasteiger partial charge in [0.1, 0.15) is 12.4 Å². The van der Waals surface area contributed by atoms with Gasteiger partial charge in [0.25, 0.3) is 0 Å². The molecule has 0 aliphatic carbocycles. The molecule has 4 nitrogen and oxygen atoms in total. The molecule has 25 heavy (non-hydrogen) atoms. The average Bonchev–Trinajstić information content (AvgIpc) is 3.11. The summed E-state index contributed by atoms with van der Waals surface area (Å²) in [6.07, 6.45) is 6.24. The predicted octanol–water partition coefficient (Wildman–Crippen LogP) is 4.48. The van der Waals surface area contributed by atoms with Gasteiger partial charge in [-0.2, -0.15) is 5.10 Å². The van der Waals surface area contributed by atoms with Crippen molar-refractivity contribution < 1.29 is 4.74 Å². The number of aromatic amines is 1. The normalized spacial score (nSPS) is 18.4. The van der Waals surface area contributed by atoms with Crippen molar-refractivity contribution in [2.75, 3.05) is 19.7 Å². The Morgan fingerprint density at radius 1 is 1.40 bits per heavy atom. The number of ether oxygens (including phenoxy) is 1. The van der Waals surface area contributed by atoms with Crippen LogP contribution in [0.3, 0.4) is 0 Å². The van der Waals surface area contributed by atoms with E-state index in [-0.39, 0.29) is 0 Å². The third-order valence-corrected chi connectivity index (χ3v) is 4.96. The molecule has 1 aliphatic rings. The third-order valence-electron chi connectivity index (χ3n) is 4.96. The maximum atomic E-state index is 5.82. The van der Waals surface area contributed by atoms with Crippen molar-refractivity contribution in [2.45, 2.75) is 45.1 Å². The maximum absolute atomic E-state index is 5.82. The van der Waals surface area contributed by atoms with Gasteiger partial charge < -0.3 is 4.74 Å². The first-order chi connectivity index (χ1) is 12.2. The number of nitrogens with one attached hydrogen (secondary N) is 1. The Morgan fingerprint density at radius 2 is 2.24 bits per heavy atom. The summed E-state index contributed by atoms with van der Waals surface area (Å²) in [5, 5.41) is 7.57. The molecule has 1 fully saturated rings. The number of rotatable bonds is 7. The molecule has 1 N–H and O–H groups in total. The van der Waals surface area contributed by atoms with E-state index in [1.165, 1.54) is 29.7 Å². The summed E-state index contributed by atoms with van der Waals surface area (Å²) in [5.41, 5.74) is 3.94. The van der Waals surface area contributed by atoms with Gasteiger partial charge in [-0.05, 0) is 36.9 Å². The number of nitrogens with zero attached hydrogens (tertiary/aromatic N) is 2. The first-order valence-electron chi connectivity index (χ1n) is 9.26. The highest BCUT2D eigenvalue weighted by atomic mass is 16.5. The van der Waals surface area contributed by atoms with Crippen molar-refractivity contribution in [2.24, 2.45) is 0 Å². The molecular weight excluding hydrogens is 310 g/mol. The molecule has 2 heterocycles. The van der Waals surface area contributed by atoms with Crippen LogP contribution in [0.1, 0.15) is 55.3 Å². The molecule has 0 radical (unpaired) electrons. The number of hydrogen-bond donors (Lipinski definition) is 1. The van der Waals surface area contributed by atoms with Gasteiger partial charge in [-0.3, -0.25) is 10.00 Å². The molecule has 0 spiro atoms. The molecule has 0 amide bonds. The Labute approximate surface area is 150 Å². The van der Waals surface area contributed by atoms with Gasteiger partial charge in [0.05, 0.1) is 6.20 Å². The van der Waals surface area contributed by atoms with Crippen LogP contribution in [0.5, 0.6) is 5.75 Å². The number of aromatic nitrogens is 2. The Hall–Kier alpha value is -2.07. The second-order valence-corrected chi connectivity index (χ2v) is 7.18. The van der Waals surface area contributed by atoms with E-state index in [1.54, 1.807) is 6.08 Å². The Kier molecular flexibility index (Phi) is 5.92. The van der Waals surface area contributed by atoms with Crippen LogP contribution in [-0.4, -0.2) is 34.8 Å². The Bertz CT molecular complexity index is 692. The smallest absolute Gasteiger partial charge is 0.124 e. The summed E-state index contributed by atoms with van der Waals surface area (Å²) in [4.78, 5) is 2.54. The molecule has 1 atom stereocenters. The topological polar surface area (TPSA) is 41.1 Å². The zero-order valence-electron chi connectivity index (χ0n) is 15.4. The van der Waals surface area contributed by atoms with Crippen LogP contribution in [0, 0.1) is 0 Å². The van der Waals surface area contributed by atoms with Crippen LogP contribution in [0.2, 0.25) is 0 Å². The quantitative estimate of drug-likeness (QED) is 0.756. The molecule has 2 aromatic rings. The highest BCUT2D eigenvalue weighted by molar-refractivity contribution is 5.33. The van der Waals surface area contributed by atoms with Crippen LogP contribution >= 0.6 is 0 Å². The standard InChI is InChI=1S/C21H29N3O/c1-4-12-25-20-10-6-5-8-17(20)14-24-11-7-9-18(15-24)21-19(16(2)3)13-22-23-21/h4-6,8,10,13,16,18H,1,7,9,11-12,14-15H2,2-3H3,(H,22,23). The lowest BCUT2D eigenvalue weighted by Crippen LogP contribution is -2.34. The van der Waals surface area contributed by atoms with Crippen LogP contribution in [0.4, 0.5) is 0 Å². The van der Waals surface area contributed by atoms with E-state index in [2.05, 4.69) is 47.7 Å². The number of likely N-dealkylation sites (tertiary alicyclic amines) is 1. The summed E-state index contributed by atoms with van der Waals surface area (Å²) in [6.45, 7) is 11.9. The molecule has 1 aromatic heterocycles. The molecule has 1 aliphatic heterocycles. The van der Waals surface area contributed by atoms with Gasteiger partial charge in [0.2, 0.25) is 0 Å². The summed E-state index contributed by atoms with van der Waals surface area (Å²) >= 11 is 0. The van der Waals surface area contributed by atoms with Crippen molar-refractivity contribution >= 4 is 0 Å². The Morgan fingerprint density at radius 3 is 3.04 bits per heavy atom. The van der Waals surface area contributed by atoms with Crippen LogP contribution in [0.15, 0.2) is 43.1 Å². The molecule has 4 heteroatoms. The van der Waals surface area contributed by atoms with Gasteiger partial charge in [-0.15, -0.1) is 0 Å². The lowest BCUT2D eigenvalue weighted by atomic mass is 9.89. The minimum absolute atomic E-state index is 0.511. The number of piperidine rings is 1. The molecule has 0 bridgehead atoms. The SMILES string of the molecule is C=CCOc1ccccc1CN1CCCC(c2[nH]ncc2C(C)C)C1. The first kappa shape index (κ1) is 17.7. The van der Waals surface area contributed by atoms with E-state index in [9.17, 15) is 0 Å². The predicted molar refractivity (Wildman–Crippen MR) is 102 cm³/mol. The fourth-order valence-corrected chi connectivity index (χ4v) is 3.69. The molecule has 1 saturated heterocycles. The summed E-state index contributed by atoms with van der Waals surface area (Å²) in [7, 11) is 0. The van der Waals surface area contributed by atoms with Crippen molar-refractivity contribution in [3.05, 3.63) is 59.9 Å². The molecule has 3 rings (SSSR count). The maximum Gasteiger partial charge on any atom is 0.124 e. The van der Waals surface area contributed by atoms with E-state index in [4.69, 9.17) is 4.74 Å². The van der Waals surface area contributed by atoms with E-state index in [0.717, 1.165) is 25.4 Å². The van der Waals surface area contributed by atoms with E-state index < -0.39 is 0 Å². The van der Waals surface area contributed by atoms with Gasteiger partial charge in [0, 0.05) is 30.3 Å². The second-order valence-electron chi connectivity index (χ2n) is 7.18. The third kappa shape index (κ3) is 4.31. The number of H-pyrrole nitrogens is 1. The minimum Gasteiger partial charge on any atom is -0.489 e. The van der Waals surface area contributed by atoms with E-state index in [0.29, 0.717) is 18.4 Å². The lowest BCUT2D eigenvalue weighted by Gasteiger charge is -2.33. The first-order valence-corrected chi connectivity index (χ1v) is 9.26. The van der Waals surface area contributed by atoms with Crippen LogP contribution < -0.4 is 4.74 Å². The lowest BCUT2D eigenvalue weighted by molar-refractivity contribution is 0.195. The van der Waals surface area contributed by atoms with Crippen molar-refractivity contribution in [1.82, 2.24) is 15.1 Å². The zero-order chi connectivity index (χ0) is 17.6. The fourth-order valence-electron chi connectivity index (χ4n) is 3.69. The number of benzene rings is 1. The molecule has 0 saturated carbocycles. The number of para-hydroxylation sites is 1. The van der Waals surface area contributed by atoms with Crippen LogP contribution in [-0.2, 0) is 6.54 Å². The van der Waals surface area contributed by atoms with Crippen LogP contribution in [0.25, 0.3) is 0 Å². The van der Waals surface area contributed by atoms with Crippen molar-refractivity contribution in [3.8, 4) is 5.75 Å². The highest BCUT2D eigenvalue weighted by Crippen LogP contribution is 2.32. The number of hydrogen-bond acceptors (Lipinski definition) is 3. The minimum atomic E-state index is 0.511. The average molecular weight is 339 g/mol. The van der Waals surface area contributed by atoms with Crippen molar-refractivity contribution in [3.63, 3.8) is 0 Å². The summed E-state index contributed by atoms with van der Waals surface area (Å²) < 4.78 is 5.82. The van der Waals surface area contributed by atoms with Crippen molar-refractivity contribution in [1.29, 1.82) is 0 Å². The van der Waals surface area contributed by atoms with E-state index >= 15 is 0 Å². The van der Waals surface area contributed by atoms with Gasteiger partial charge in [-0.1, -0.05) is 44.7 Å². The molecule has 1 aromatic carbocycles. The fraction of sp³-hybridized carbons (Fsp3) is 0.476. The zero-order valence-corrected chi connectivity index (χ0v) is 15.4. The largest absolute Gasteiger partial charge is 0.489 e. The molecule has 134 valence electrons. The summed E-state index contributed by atoms with van der Waals surface area (Å²) in [6, 6.07) is 8.33. The summed E-state index contributed by atoms with van der Waals surface area (Å²) in [5.74, 6) is 2.01. The second kappa shape index (κ2) is 8.34. The Balaban J connectivity index is 1.70.